The highest BCUT2D eigenvalue weighted by molar-refractivity contribution is 4.82. The minimum atomic E-state index is 0.618. The van der Waals surface area contributed by atoms with Crippen molar-refractivity contribution in [1.82, 2.24) is 10.2 Å². The minimum Gasteiger partial charge on any atom is -0.381 e. The van der Waals surface area contributed by atoms with E-state index < -0.39 is 0 Å². The van der Waals surface area contributed by atoms with Crippen molar-refractivity contribution in [3.05, 3.63) is 0 Å². The molecule has 0 amide bonds. The molecule has 2 unspecified atom stereocenters. The maximum atomic E-state index is 5.52. The fourth-order valence-corrected chi connectivity index (χ4v) is 3.04. The molecule has 1 aliphatic carbocycles. The SMILES string of the molecule is CCNC(CN(C)CC1CCC1)C1CCOC1. The van der Waals surface area contributed by atoms with E-state index in [9.17, 15) is 0 Å². The third kappa shape index (κ3) is 3.94. The van der Waals surface area contributed by atoms with Crippen molar-refractivity contribution < 1.29 is 4.74 Å². The van der Waals surface area contributed by atoms with E-state index in [4.69, 9.17) is 4.74 Å². The number of nitrogens with one attached hydrogen (secondary N) is 1. The highest BCUT2D eigenvalue weighted by atomic mass is 16.5. The number of ether oxygens (including phenoxy) is 1. The Balaban J connectivity index is 1.74. The van der Waals surface area contributed by atoms with Gasteiger partial charge in [0.05, 0.1) is 6.61 Å². The van der Waals surface area contributed by atoms with E-state index >= 15 is 0 Å². The van der Waals surface area contributed by atoms with Crippen LogP contribution in [0.5, 0.6) is 0 Å². The summed E-state index contributed by atoms with van der Waals surface area (Å²) in [5.41, 5.74) is 0. The zero-order valence-electron chi connectivity index (χ0n) is 11.5. The maximum Gasteiger partial charge on any atom is 0.0510 e. The monoisotopic (exact) mass is 240 g/mol. The lowest BCUT2D eigenvalue weighted by molar-refractivity contribution is 0.153. The lowest BCUT2D eigenvalue weighted by Gasteiger charge is -2.33. The third-order valence-electron chi connectivity index (χ3n) is 4.30. The molecular weight excluding hydrogens is 212 g/mol. The summed E-state index contributed by atoms with van der Waals surface area (Å²) in [5.74, 6) is 1.70. The topological polar surface area (TPSA) is 24.5 Å². The van der Waals surface area contributed by atoms with E-state index in [-0.39, 0.29) is 0 Å². The summed E-state index contributed by atoms with van der Waals surface area (Å²) in [6.07, 6.45) is 5.58. The molecule has 0 aromatic carbocycles. The predicted octanol–water partition coefficient (Wildman–Crippen LogP) is 1.73. The number of hydrogen-bond acceptors (Lipinski definition) is 3. The Labute approximate surface area is 106 Å². The molecule has 2 aliphatic rings. The quantitative estimate of drug-likeness (QED) is 0.733. The van der Waals surface area contributed by atoms with Crippen molar-refractivity contribution in [2.75, 3.05) is 39.9 Å². The molecule has 17 heavy (non-hydrogen) atoms. The van der Waals surface area contributed by atoms with Gasteiger partial charge in [-0.3, -0.25) is 0 Å². The average Bonchev–Trinajstić information content (AvgIpc) is 2.76. The van der Waals surface area contributed by atoms with Crippen LogP contribution in [0.4, 0.5) is 0 Å². The predicted molar refractivity (Wildman–Crippen MR) is 71.2 cm³/mol. The van der Waals surface area contributed by atoms with Gasteiger partial charge in [-0.1, -0.05) is 13.3 Å². The zero-order valence-corrected chi connectivity index (χ0v) is 11.5. The molecule has 0 radical (unpaired) electrons. The molecule has 0 bridgehead atoms. The zero-order chi connectivity index (χ0) is 12.1. The third-order valence-corrected chi connectivity index (χ3v) is 4.30. The van der Waals surface area contributed by atoms with Gasteiger partial charge < -0.3 is 15.0 Å². The van der Waals surface area contributed by atoms with Crippen molar-refractivity contribution in [2.24, 2.45) is 11.8 Å². The first-order valence-corrected chi connectivity index (χ1v) is 7.29. The van der Waals surface area contributed by atoms with Gasteiger partial charge in [0.1, 0.15) is 0 Å². The molecule has 3 nitrogen and oxygen atoms in total. The summed E-state index contributed by atoms with van der Waals surface area (Å²) >= 11 is 0. The molecule has 2 rings (SSSR count). The molecule has 0 aromatic heterocycles. The Morgan fingerprint density at radius 1 is 1.35 bits per heavy atom. The van der Waals surface area contributed by atoms with Crippen molar-refractivity contribution >= 4 is 0 Å². The lowest BCUT2D eigenvalue weighted by Crippen LogP contribution is -2.46. The van der Waals surface area contributed by atoms with Crippen LogP contribution < -0.4 is 5.32 Å². The fraction of sp³-hybridized carbons (Fsp3) is 1.00. The number of likely N-dealkylation sites (N-methyl/N-ethyl adjacent to an activating group) is 2. The molecule has 3 heteroatoms. The molecule has 1 saturated carbocycles. The molecule has 1 saturated heterocycles. The van der Waals surface area contributed by atoms with Crippen LogP contribution in [0.3, 0.4) is 0 Å². The normalized spacial score (nSPS) is 27.4. The Kier molecular flexibility index (Phi) is 5.26. The molecule has 2 fully saturated rings. The van der Waals surface area contributed by atoms with Crippen LogP contribution in [-0.4, -0.2) is 50.8 Å². The highest BCUT2D eigenvalue weighted by Gasteiger charge is 2.27. The van der Waals surface area contributed by atoms with Crippen molar-refractivity contribution in [2.45, 2.75) is 38.6 Å². The van der Waals surface area contributed by atoms with E-state index in [0.717, 1.165) is 31.6 Å². The number of nitrogens with zero attached hydrogens (tertiary/aromatic N) is 1. The second-order valence-electron chi connectivity index (χ2n) is 5.81. The smallest absolute Gasteiger partial charge is 0.0510 e. The Morgan fingerprint density at radius 3 is 2.71 bits per heavy atom. The van der Waals surface area contributed by atoms with Crippen LogP contribution in [0, 0.1) is 11.8 Å². The summed E-state index contributed by atoms with van der Waals surface area (Å²) in [7, 11) is 2.28. The molecule has 1 N–H and O–H groups in total. The number of hydrogen-bond donors (Lipinski definition) is 1. The van der Waals surface area contributed by atoms with Gasteiger partial charge in [0.15, 0.2) is 0 Å². The first kappa shape index (κ1) is 13.3. The second kappa shape index (κ2) is 6.72. The van der Waals surface area contributed by atoms with Gasteiger partial charge >= 0.3 is 0 Å². The standard InChI is InChI=1S/C14H28N2O/c1-3-15-14(13-7-8-17-11-13)10-16(2)9-12-5-4-6-12/h12-15H,3-11H2,1-2H3. The second-order valence-corrected chi connectivity index (χ2v) is 5.81. The van der Waals surface area contributed by atoms with Crippen molar-refractivity contribution in [1.29, 1.82) is 0 Å². The first-order valence-electron chi connectivity index (χ1n) is 7.29. The van der Waals surface area contributed by atoms with E-state index in [1.807, 2.05) is 0 Å². The van der Waals surface area contributed by atoms with Crippen LogP contribution in [-0.2, 0) is 4.74 Å². The summed E-state index contributed by atoms with van der Waals surface area (Å²) in [6.45, 7) is 7.65. The molecule has 2 atom stereocenters. The Hall–Kier alpha value is -0.120. The van der Waals surface area contributed by atoms with Gasteiger partial charge in [0.2, 0.25) is 0 Å². The van der Waals surface area contributed by atoms with Crippen molar-refractivity contribution in [3.63, 3.8) is 0 Å². The first-order chi connectivity index (χ1) is 8.29. The van der Waals surface area contributed by atoms with Gasteiger partial charge in [0, 0.05) is 31.7 Å². The van der Waals surface area contributed by atoms with E-state index in [1.54, 1.807) is 0 Å². The average molecular weight is 240 g/mol. The number of rotatable bonds is 7. The largest absolute Gasteiger partial charge is 0.381 e. The molecule has 100 valence electrons. The van der Waals surface area contributed by atoms with Crippen molar-refractivity contribution in [3.8, 4) is 0 Å². The molecular formula is C14H28N2O. The summed E-state index contributed by atoms with van der Waals surface area (Å²) < 4.78 is 5.52. The van der Waals surface area contributed by atoms with Gasteiger partial charge in [-0.05, 0) is 38.8 Å². The molecule has 1 aliphatic heterocycles. The van der Waals surface area contributed by atoms with Crippen LogP contribution >= 0.6 is 0 Å². The molecule has 1 heterocycles. The van der Waals surface area contributed by atoms with Gasteiger partial charge in [-0.15, -0.1) is 0 Å². The fourth-order valence-electron chi connectivity index (χ4n) is 3.04. The van der Waals surface area contributed by atoms with E-state index in [2.05, 4.69) is 24.2 Å². The molecule has 0 spiro atoms. The Morgan fingerprint density at radius 2 is 2.18 bits per heavy atom. The van der Waals surface area contributed by atoms with Gasteiger partial charge in [-0.25, -0.2) is 0 Å². The summed E-state index contributed by atoms with van der Waals surface area (Å²) in [4.78, 5) is 2.52. The highest BCUT2D eigenvalue weighted by Crippen LogP contribution is 2.27. The van der Waals surface area contributed by atoms with Crippen LogP contribution in [0.1, 0.15) is 32.6 Å². The lowest BCUT2D eigenvalue weighted by atomic mass is 9.85. The summed E-state index contributed by atoms with van der Waals surface area (Å²) in [6, 6.07) is 0.618. The summed E-state index contributed by atoms with van der Waals surface area (Å²) in [5, 5.41) is 3.64. The molecule has 0 aromatic rings. The van der Waals surface area contributed by atoms with Crippen LogP contribution in [0.2, 0.25) is 0 Å². The Bertz CT molecular complexity index is 212. The van der Waals surface area contributed by atoms with Gasteiger partial charge in [0.25, 0.3) is 0 Å². The van der Waals surface area contributed by atoms with Crippen LogP contribution in [0.25, 0.3) is 0 Å². The van der Waals surface area contributed by atoms with E-state index in [1.165, 1.54) is 38.8 Å². The minimum absolute atomic E-state index is 0.618. The van der Waals surface area contributed by atoms with Gasteiger partial charge in [-0.2, -0.15) is 0 Å². The maximum absolute atomic E-state index is 5.52. The van der Waals surface area contributed by atoms with Crippen LogP contribution in [0.15, 0.2) is 0 Å². The van der Waals surface area contributed by atoms with E-state index in [0.29, 0.717) is 6.04 Å².